The summed E-state index contributed by atoms with van der Waals surface area (Å²) in [6.07, 6.45) is 1.50. The van der Waals surface area contributed by atoms with Gasteiger partial charge in [0.1, 0.15) is 5.52 Å². The molecule has 1 saturated heterocycles. The lowest BCUT2D eigenvalue weighted by Crippen LogP contribution is -2.28. The van der Waals surface area contributed by atoms with Crippen LogP contribution < -0.4 is 10.0 Å². The Labute approximate surface area is 124 Å². The molecule has 0 radical (unpaired) electrons. The van der Waals surface area contributed by atoms with Crippen LogP contribution in [0.4, 0.5) is 5.95 Å². The van der Waals surface area contributed by atoms with Gasteiger partial charge in [-0.15, -0.1) is 0 Å². The average molecular weight is 331 g/mol. The molecule has 11 heteroatoms. The summed E-state index contributed by atoms with van der Waals surface area (Å²) in [7, 11) is -3.63. The molecule has 2 aromatic heterocycles. The number of imidazole rings is 1. The molecule has 1 atom stereocenters. The topological polar surface area (TPSA) is 135 Å². The van der Waals surface area contributed by atoms with E-state index in [0.29, 0.717) is 11.2 Å². The molecule has 0 saturated carbocycles. The zero-order chi connectivity index (χ0) is 15.2. The number of carbonyl (C=O) groups excluding carboxylic acids is 1. The van der Waals surface area contributed by atoms with Crippen molar-refractivity contribution in [3.05, 3.63) is 11.5 Å². The molecule has 1 fully saturated rings. The Kier molecular flexibility index (Phi) is 3.30. The van der Waals surface area contributed by atoms with E-state index in [1.165, 1.54) is 11.2 Å². The minimum Gasteiger partial charge on any atom is -0.341 e. The molecule has 1 aliphatic heterocycles. The predicted molar refractivity (Wildman–Crippen MR) is 75.1 cm³/mol. The molecule has 9 nitrogen and oxygen atoms in total. The van der Waals surface area contributed by atoms with Crippen molar-refractivity contribution in [3.63, 3.8) is 0 Å². The summed E-state index contributed by atoms with van der Waals surface area (Å²) >= 11 is 6.00. The number of nitrogens with two attached hydrogens (primary N) is 1. The first-order chi connectivity index (χ1) is 9.83. The lowest BCUT2D eigenvalue weighted by Gasteiger charge is -2.14. The van der Waals surface area contributed by atoms with E-state index in [1.54, 1.807) is 0 Å². The highest BCUT2D eigenvalue weighted by Crippen LogP contribution is 2.26. The number of amides is 1. The van der Waals surface area contributed by atoms with Crippen LogP contribution in [0.2, 0.25) is 5.15 Å². The molecular weight excluding hydrogens is 320 g/mol. The van der Waals surface area contributed by atoms with Crippen molar-refractivity contribution in [2.45, 2.75) is 6.42 Å². The van der Waals surface area contributed by atoms with E-state index in [4.69, 9.17) is 16.7 Å². The summed E-state index contributed by atoms with van der Waals surface area (Å²) in [4.78, 5) is 28.2. The Morgan fingerprint density at radius 2 is 2.24 bits per heavy atom. The van der Waals surface area contributed by atoms with E-state index in [-0.39, 0.29) is 41.6 Å². The number of hydrogen-bond acceptors (Lipinski definition) is 6. The third kappa shape index (κ3) is 2.82. The SMILES string of the molecule is NS(=O)(=O)CC1CC(=O)N(c2nc(Cl)c3[nH]cnc3n2)C1. The summed E-state index contributed by atoms with van der Waals surface area (Å²) in [5.74, 6) is -0.797. The maximum atomic E-state index is 12.0. The van der Waals surface area contributed by atoms with Gasteiger partial charge in [0.25, 0.3) is 0 Å². The fourth-order valence-corrected chi connectivity index (χ4v) is 3.42. The molecule has 3 rings (SSSR count). The van der Waals surface area contributed by atoms with Crippen molar-refractivity contribution in [2.75, 3.05) is 17.2 Å². The molecule has 0 aromatic carbocycles. The number of carbonyl (C=O) groups is 1. The van der Waals surface area contributed by atoms with Crippen molar-refractivity contribution in [1.29, 1.82) is 0 Å². The van der Waals surface area contributed by atoms with Crippen molar-refractivity contribution in [1.82, 2.24) is 19.9 Å². The average Bonchev–Trinajstić information content (AvgIpc) is 2.93. The van der Waals surface area contributed by atoms with Gasteiger partial charge < -0.3 is 4.98 Å². The van der Waals surface area contributed by atoms with Crippen LogP contribution in [0.3, 0.4) is 0 Å². The Hall–Kier alpha value is -1.78. The number of nitrogens with zero attached hydrogens (tertiary/aromatic N) is 4. The number of hydrogen-bond donors (Lipinski definition) is 2. The number of H-pyrrole nitrogens is 1. The van der Waals surface area contributed by atoms with Crippen LogP contribution in [0.15, 0.2) is 6.33 Å². The lowest BCUT2D eigenvalue weighted by molar-refractivity contribution is -0.117. The zero-order valence-electron chi connectivity index (χ0n) is 10.7. The largest absolute Gasteiger partial charge is 0.341 e. The molecule has 0 bridgehead atoms. The maximum Gasteiger partial charge on any atom is 0.235 e. The molecular formula is C10H11ClN6O3S. The fourth-order valence-electron chi connectivity index (χ4n) is 2.32. The molecule has 21 heavy (non-hydrogen) atoms. The van der Waals surface area contributed by atoms with Crippen LogP contribution in [-0.2, 0) is 14.8 Å². The monoisotopic (exact) mass is 330 g/mol. The van der Waals surface area contributed by atoms with Crippen molar-refractivity contribution in [2.24, 2.45) is 11.1 Å². The molecule has 0 aliphatic carbocycles. The van der Waals surface area contributed by atoms with Gasteiger partial charge in [-0.2, -0.15) is 9.97 Å². The fraction of sp³-hybridized carbons (Fsp3) is 0.400. The highest BCUT2D eigenvalue weighted by atomic mass is 35.5. The molecule has 1 amide bonds. The van der Waals surface area contributed by atoms with Gasteiger partial charge in [-0.1, -0.05) is 11.6 Å². The van der Waals surface area contributed by atoms with E-state index < -0.39 is 10.0 Å². The van der Waals surface area contributed by atoms with E-state index in [0.717, 1.165) is 0 Å². The van der Waals surface area contributed by atoms with E-state index in [9.17, 15) is 13.2 Å². The third-order valence-corrected chi connectivity index (χ3v) is 4.35. The van der Waals surface area contributed by atoms with Gasteiger partial charge in [-0.3, -0.25) is 9.69 Å². The van der Waals surface area contributed by atoms with E-state index in [1.807, 2.05) is 0 Å². The second kappa shape index (κ2) is 4.90. The Balaban J connectivity index is 1.90. The van der Waals surface area contributed by atoms with Crippen LogP contribution >= 0.6 is 11.6 Å². The zero-order valence-corrected chi connectivity index (χ0v) is 12.2. The summed E-state index contributed by atoms with van der Waals surface area (Å²) in [6, 6.07) is 0. The summed E-state index contributed by atoms with van der Waals surface area (Å²) < 4.78 is 22.2. The summed E-state index contributed by atoms with van der Waals surface area (Å²) in [6.45, 7) is 0.182. The van der Waals surface area contributed by atoms with Gasteiger partial charge >= 0.3 is 0 Å². The Bertz CT molecular complexity index is 819. The van der Waals surface area contributed by atoms with Crippen LogP contribution in [0, 0.1) is 5.92 Å². The lowest BCUT2D eigenvalue weighted by atomic mass is 10.1. The minimum atomic E-state index is -3.63. The highest BCUT2D eigenvalue weighted by molar-refractivity contribution is 7.89. The number of sulfonamides is 1. The van der Waals surface area contributed by atoms with Crippen molar-refractivity contribution >= 4 is 44.6 Å². The smallest absolute Gasteiger partial charge is 0.235 e. The van der Waals surface area contributed by atoms with Gasteiger partial charge in [0.15, 0.2) is 10.8 Å². The number of nitrogens with one attached hydrogen (secondary N) is 1. The summed E-state index contributed by atoms with van der Waals surface area (Å²) in [5.41, 5.74) is 0.820. The van der Waals surface area contributed by atoms with Gasteiger partial charge in [-0.25, -0.2) is 18.5 Å². The number of fused-ring (bicyclic) bond motifs is 1. The van der Waals surface area contributed by atoms with Gasteiger partial charge in [0.05, 0.1) is 12.1 Å². The second-order valence-corrected chi connectivity index (χ2v) is 6.84. The number of halogens is 1. The number of aromatic amines is 1. The molecule has 3 N–H and O–H groups in total. The van der Waals surface area contributed by atoms with Crippen LogP contribution in [0.1, 0.15) is 6.42 Å². The molecule has 2 aromatic rings. The van der Waals surface area contributed by atoms with Crippen LogP contribution in [0.25, 0.3) is 11.2 Å². The summed E-state index contributed by atoms with van der Waals surface area (Å²) in [5, 5.41) is 5.15. The van der Waals surface area contributed by atoms with E-state index in [2.05, 4.69) is 19.9 Å². The Morgan fingerprint density at radius 1 is 1.48 bits per heavy atom. The van der Waals surface area contributed by atoms with Gasteiger partial charge in [-0.05, 0) is 0 Å². The molecule has 112 valence electrons. The number of aromatic nitrogens is 4. The number of rotatable bonds is 3. The van der Waals surface area contributed by atoms with Crippen LogP contribution in [-0.4, -0.2) is 46.6 Å². The minimum absolute atomic E-state index is 0.0794. The molecule has 3 heterocycles. The molecule has 1 unspecified atom stereocenters. The maximum absolute atomic E-state index is 12.0. The third-order valence-electron chi connectivity index (χ3n) is 3.14. The molecule has 1 aliphatic rings. The van der Waals surface area contributed by atoms with Crippen LogP contribution in [0.5, 0.6) is 0 Å². The van der Waals surface area contributed by atoms with Gasteiger partial charge in [0.2, 0.25) is 21.9 Å². The second-order valence-electron chi connectivity index (χ2n) is 4.82. The van der Waals surface area contributed by atoms with Crippen molar-refractivity contribution < 1.29 is 13.2 Å². The number of primary sulfonamides is 1. The van der Waals surface area contributed by atoms with Crippen molar-refractivity contribution in [3.8, 4) is 0 Å². The first-order valence-corrected chi connectivity index (χ1v) is 8.10. The quantitative estimate of drug-likeness (QED) is 0.738. The first-order valence-electron chi connectivity index (χ1n) is 6.01. The predicted octanol–water partition coefficient (Wildman–Crippen LogP) is -0.352. The normalized spacial score (nSPS) is 19.6. The Morgan fingerprint density at radius 3 is 2.95 bits per heavy atom. The molecule has 0 spiro atoms. The van der Waals surface area contributed by atoms with E-state index >= 15 is 0 Å². The number of anilines is 1. The highest BCUT2D eigenvalue weighted by Gasteiger charge is 2.34. The van der Waals surface area contributed by atoms with Gasteiger partial charge in [0, 0.05) is 18.9 Å². The first kappa shape index (κ1) is 14.2. The standard InChI is InChI=1S/C10H11ClN6O3S/c11-8-7-9(14-4-13-7)16-10(15-8)17-2-5(1-6(17)18)3-21(12,19)20/h4-5H,1-3H2,(H2,12,19,20)(H,13,14,15,16).